The molecule has 1 heterocycles. The molecule has 0 spiro atoms. The fourth-order valence-electron chi connectivity index (χ4n) is 2.26. The molecule has 0 bridgehead atoms. The van der Waals surface area contributed by atoms with Crippen LogP contribution in [-0.4, -0.2) is 42.8 Å². The largest absolute Gasteiger partial charge is 0.417 e. The number of nitrogens with one attached hydrogen (secondary N) is 2. The predicted octanol–water partition coefficient (Wildman–Crippen LogP) is 3.56. The van der Waals surface area contributed by atoms with Crippen molar-refractivity contribution in [3.63, 3.8) is 0 Å². The first kappa shape index (κ1) is 22.7. The molecule has 0 fully saturated rings. The van der Waals surface area contributed by atoms with Crippen molar-refractivity contribution in [3.05, 3.63) is 50.7 Å². The minimum absolute atomic E-state index is 0.103. The van der Waals surface area contributed by atoms with Crippen molar-refractivity contribution < 1.29 is 27.6 Å². The van der Waals surface area contributed by atoms with Crippen LogP contribution in [0.3, 0.4) is 0 Å². The van der Waals surface area contributed by atoms with Gasteiger partial charge < -0.3 is 15.5 Å². The molecule has 2 N–H and O–H groups in total. The summed E-state index contributed by atoms with van der Waals surface area (Å²) in [7, 11) is 1.34. The second kappa shape index (κ2) is 9.27. The first-order valence-corrected chi connectivity index (χ1v) is 9.42. The molecule has 0 atom stereocenters. The van der Waals surface area contributed by atoms with E-state index < -0.39 is 41.0 Å². The van der Waals surface area contributed by atoms with Gasteiger partial charge in [-0.25, -0.2) is 0 Å². The topological polar surface area (TPSA) is 78.5 Å². The number of benzene rings is 1. The molecule has 1 aromatic carbocycles. The summed E-state index contributed by atoms with van der Waals surface area (Å²) >= 11 is 6.81. The second-order valence-corrected chi connectivity index (χ2v) is 7.78. The number of amides is 3. The second-order valence-electron chi connectivity index (χ2n) is 6.08. The van der Waals surface area contributed by atoms with Crippen molar-refractivity contribution in [1.29, 1.82) is 0 Å². The molecule has 156 valence electrons. The maximum absolute atomic E-state index is 12.9. The maximum Gasteiger partial charge on any atom is 0.417 e. The predicted molar refractivity (Wildman–Crippen MR) is 104 cm³/mol. The van der Waals surface area contributed by atoms with Crippen molar-refractivity contribution in [3.8, 4) is 0 Å². The number of likely N-dealkylation sites (N-methyl/N-ethyl adjacent to an activating group) is 1. The minimum atomic E-state index is -4.66. The Morgan fingerprint density at radius 3 is 2.45 bits per heavy atom. The van der Waals surface area contributed by atoms with Crippen molar-refractivity contribution >= 4 is 46.3 Å². The van der Waals surface area contributed by atoms with Gasteiger partial charge in [0.15, 0.2) is 0 Å². The third kappa shape index (κ3) is 6.47. The van der Waals surface area contributed by atoms with Gasteiger partial charge in [-0.2, -0.15) is 13.2 Å². The number of hydrogen-bond acceptors (Lipinski definition) is 4. The average molecular weight is 448 g/mol. The Morgan fingerprint density at radius 1 is 1.17 bits per heavy atom. The smallest absolute Gasteiger partial charge is 0.342 e. The van der Waals surface area contributed by atoms with Gasteiger partial charge in [-0.15, -0.1) is 11.3 Å². The number of thiophene rings is 1. The van der Waals surface area contributed by atoms with E-state index in [1.165, 1.54) is 24.5 Å². The number of alkyl halides is 3. The van der Waals surface area contributed by atoms with Gasteiger partial charge in [-0.1, -0.05) is 11.6 Å². The quantitative estimate of drug-likeness (QED) is 0.710. The first-order chi connectivity index (χ1) is 13.5. The van der Waals surface area contributed by atoms with Crippen molar-refractivity contribution in [2.24, 2.45) is 0 Å². The van der Waals surface area contributed by atoms with Gasteiger partial charge in [-0.3, -0.25) is 14.4 Å². The summed E-state index contributed by atoms with van der Waals surface area (Å²) < 4.78 is 38.6. The third-order valence-corrected chi connectivity index (χ3v) is 5.06. The Kier molecular flexibility index (Phi) is 7.26. The molecule has 0 aliphatic rings. The summed E-state index contributed by atoms with van der Waals surface area (Å²) in [5.74, 6) is -1.64. The Hall–Kier alpha value is -2.59. The molecule has 3 amide bonds. The highest BCUT2D eigenvalue weighted by Gasteiger charge is 2.33. The Labute approximate surface area is 173 Å². The van der Waals surface area contributed by atoms with Gasteiger partial charge in [0.05, 0.1) is 28.6 Å². The third-order valence-electron chi connectivity index (χ3n) is 3.73. The summed E-state index contributed by atoms with van der Waals surface area (Å²) in [4.78, 5) is 38.5. The highest BCUT2D eigenvalue weighted by molar-refractivity contribution is 7.13. The maximum atomic E-state index is 12.9. The number of rotatable bonds is 6. The van der Waals surface area contributed by atoms with Crippen LogP contribution < -0.4 is 10.6 Å². The van der Waals surface area contributed by atoms with E-state index in [0.717, 1.165) is 15.8 Å². The van der Waals surface area contributed by atoms with Crippen molar-refractivity contribution in [2.45, 2.75) is 13.1 Å². The van der Waals surface area contributed by atoms with Gasteiger partial charge in [-0.05, 0) is 37.3 Å². The van der Waals surface area contributed by atoms with Crippen molar-refractivity contribution in [1.82, 2.24) is 10.2 Å². The number of aryl methyl sites for hydroxylation is 1. The van der Waals surface area contributed by atoms with E-state index in [2.05, 4.69) is 10.6 Å². The molecule has 0 saturated heterocycles. The lowest BCUT2D eigenvalue weighted by molar-refractivity contribution is -0.137. The summed E-state index contributed by atoms with van der Waals surface area (Å²) in [6, 6.07) is 6.37. The zero-order chi connectivity index (χ0) is 21.8. The molecule has 2 rings (SSSR count). The van der Waals surface area contributed by atoms with Gasteiger partial charge in [0.2, 0.25) is 11.8 Å². The molecule has 0 saturated carbocycles. The molecule has 2 aromatic rings. The van der Waals surface area contributed by atoms with E-state index in [9.17, 15) is 27.6 Å². The van der Waals surface area contributed by atoms with E-state index in [4.69, 9.17) is 11.6 Å². The van der Waals surface area contributed by atoms with E-state index in [1.54, 1.807) is 12.1 Å². The van der Waals surface area contributed by atoms with Crippen LogP contribution in [0.2, 0.25) is 5.02 Å². The zero-order valence-corrected chi connectivity index (χ0v) is 17.0. The number of hydrogen-bond donors (Lipinski definition) is 2. The number of carbonyl (C=O) groups is 3. The van der Waals surface area contributed by atoms with E-state index in [1.807, 2.05) is 6.92 Å². The number of nitrogens with zero attached hydrogens (tertiary/aromatic N) is 1. The highest BCUT2D eigenvalue weighted by atomic mass is 35.5. The van der Waals surface area contributed by atoms with Crippen LogP contribution in [0.5, 0.6) is 0 Å². The molecule has 29 heavy (non-hydrogen) atoms. The fourth-order valence-corrected chi connectivity index (χ4v) is 3.27. The Bertz CT molecular complexity index is 931. The average Bonchev–Trinajstić information content (AvgIpc) is 3.06. The van der Waals surface area contributed by atoms with Crippen LogP contribution in [0.25, 0.3) is 0 Å². The Balaban J connectivity index is 1.88. The number of halogens is 4. The molecular formula is C18H17ClF3N3O3S. The van der Waals surface area contributed by atoms with Crippen LogP contribution in [0, 0.1) is 6.92 Å². The van der Waals surface area contributed by atoms with Gasteiger partial charge in [0.25, 0.3) is 5.91 Å². The molecule has 0 unspecified atom stereocenters. The minimum Gasteiger partial charge on any atom is -0.342 e. The highest BCUT2D eigenvalue weighted by Crippen LogP contribution is 2.36. The lowest BCUT2D eigenvalue weighted by Gasteiger charge is -2.17. The fraction of sp³-hybridized carbons (Fsp3) is 0.278. The van der Waals surface area contributed by atoms with E-state index in [0.29, 0.717) is 10.9 Å². The summed E-state index contributed by atoms with van der Waals surface area (Å²) in [6.07, 6.45) is -4.66. The summed E-state index contributed by atoms with van der Waals surface area (Å²) in [5, 5.41) is 4.25. The van der Waals surface area contributed by atoms with Gasteiger partial charge in [0, 0.05) is 17.6 Å². The SMILES string of the molecule is Cc1ccc(C(=O)NCC(=O)N(C)CC(=O)Nc2ccc(Cl)c(C(F)(F)F)c2)s1. The standard InChI is InChI=1S/C18H17ClF3N3O3S/c1-10-3-6-14(29-10)17(28)23-8-16(27)25(2)9-15(26)24-11-4-5-13(19)12(7-11)18(20,21)22/h3-7H,8-9H2,1-2H3,(H,23,28)(H,24,26). The van der Waals surface area contributed by atoms with Gasteiger partial charge >= 0.3 is 6.18 Å². The van der Waals surface area contributed by atoms with Crippen LogP contribution in [0.15, 0.2) is 30.3 Å². The van der Waals surface area contributed by atoms with Crippen LogP contribution in [-0.2, 0) is 15.8 Å². The summed E-state index contributed by atoms with van der Waals surface area (Å²) in [5.41, 5.74) is -1.18. The molecule has 11 heteroatoms. The zero-order valence-electron chi connectivity index (χ0n) is 15.4. The van der Waals surface area contributed by atoms with Crippen LogP contribution in [0.1, 0.15) is 20.1 Å². The first-order valence-electron chi connectivity index (χ1n) is 8.22. The summed E-state index contributed by atoms with van der Waals surface area (Å²) in [6.45, 7) is 1.12. The van der Waals surface area contributed by atoms with Crippen LogP contribution in [0.4, 0.5) is 18.9 Å². The number of anilines is 1. The normalized spacial score (nSPS) is 11.1. The molecule has 1 aromatic heterocycles. The molecular weight excluding hydrogens is 431 g/mol. The number of carbonyl (C=O) groups excluding carboxylic acids is 3. The Morgan fingerprint density at radius 2 is 1.86 bits per heavy atom. The lowest BCUT2D eigenvalue weighted by Crippen LogP contribution is -2.41. The van der Waals surface area contributed by atoms with Crippen molar-refractivity contribution in [2.75, 3.05) is 25.5 Å². The molecule has 0 aliphatic carbocycles. The van der Waals surface area contributed by atoms with E-state index >= 15 is 0 Å². The lowest BCUT2D eigenvalue weighted by atomic mass is 10.2. The molecule has 6 nitrogen and oxygen atoms in total. The van der Waals surface area contributed by atoms with Crippen LogP contribution >= 0.6 is 22.9 Å². The molecule has 0 aliphatic heterocycles. The van der Waals surface area contributed by atoms with Gasteiger partial charge in [0.1, 0.15) is 0 Å². The molecule has 0 radical (unpaired) electrons. The monoisotopic (exact) mass is 447 g/mol. The van der Waals surface area contributed by atoms with E-state index in [-0.39, 0.29) is 12.2 Å².